The Kier molecular flexibility index (Phi) is 6.55. The van der Waals surface area contributed by atoms with Gasteiger partial charge in [-0.05, 0) is 62.1 Å². The molecule has 1 N–H and O–H groups in total. The average molecular weight is 445 g/mol. The lowest BCUT2D eigenvalue weighted by Gasteiger charge is -2.35. The van der Waals surface area contributed by atoms with Crippen molar-refractivity contribution in [3.63, 3.8) is 0 Å². The third kappa shape index (κ3) is 5.23. The van der Waals surface area contributed by atoms with Gasteiger partial charge >= 0.3 is 0 Å². The second kappa shape index (κ2) is 9.34. The Hall–Kier alpha value is -2.48. The fraction of sp³-hybridized carbons (Fsp3) is 0.478. The molecule has 0 bridgehead atoms. The van der Waals surface area contributed by atoms with Crippen LogP contribution in [0.25, 0.3) is 11.0 Å². The summed E-state index contributed by atoms with van der Waals surface area (Å²) in [5.74, 6) is 1.20. The first-order valence-corrected chi connectivity index (χ1v) is 12.7. The summed E-state index contributed by atoms with van der Waals surface area (Å²) < 4.78 is 38.9. The van der Waals surface area contributed by atoms with Crippen LogP contribution in [0, 0.1) is 11.7 Å². The van der Waals surface area contributed by atoms with Crippen molar-refractivity contribution in [2.45, 2.75) is 44.6 Å². The van der Waals surface area contributed by atoms with E-state index in [1.165, 1.54) is 6.07 Å². The van der Waals surface area contributed by atoms with Gasteiger partial charge in [0, 0.05) is 19.3 Å². The van der Waals surface area contributed by atoms with Gasteiger partial charge < -0.3 is 9.88 Å². The topological polar surface area (TPSA) is 79.0 Å². The van der Waals surface area contributed by atoms with Crippen LogP contribution >= 0.6 is 0 Å². The SMILES string of the molecule is CN(c1ncnc2[nH]ccc12)C1CCC(CS(=O)(=O)CCCc2ccccc2F)CC1. The summed E-state index contributed by atoms with van der Waals surface area (Å²) in [5.41, 5.74) is 1.41. The second-order valence-electron chi connectivity index (χ2n) is 8.53. The maximum absolute atomic E-state index is 13.7. The molecule has 0 aliphatic heterocycles. The van der Waals surface area contributed by atoms with Gasteiger partial charge in [-0.2, -0.15) is 0 Å². The largest absolute Gasteiger partial charge is 0.356 e. The van der Waals surface area contributed by atoms with E-state index in [4.69, 9.17) is 0 Å². The molecular formula is C23H29FN4O2S. The van der Waals surface area contributed by atoms with E-state index in [1.807, 2.05) is 12.3 Å². The molecule has 0 saturated heterocycles. The molecule has 31 heavy (non-hydrogen) atoms. The van der Waals surface area contributed by atoms with Gasteiger partial charge in [-0.15, -0.1) is 0 Å². The number of H-pyrrole nitrogens is 1. The van der Waals surface area contributed by atoms with Gasteiger partial charge in [-0.3, -0.25) is 0 Å². The van der Waals surface area contributed by atoms with E-state index in [2.05, 4.69) is 26.9 Å². The van der Waals surface area contributed by atoms with E-state index in [0.29, 0.717) is 24.4 Å². The summed E-state index contributed by atoms with van der Waals surface area (Å²) in [6.45, 7) is 0. The molecule has 2 aromatic heterocycles. The van der Waals surface area contributed by atoms with Crippen molar-refractivity contribution >= 4 is 26.7 Å². The van der Waals surface area contributed by atoms with E-state index in [0.717, 1.165) is 42.5 Å². The number of aromatic nitrogens is 3. The Labute approximate surface area is 182 Å². The Morgan fingerprint density at radius 2 is 1.90 bits per heavy atom. The van der Waals surface area contributed by atoms with E-state index in [-0.39, 0.29) is 23.2 Å². The van der Waals surface area contributed by atoms with Crippen LogP contribution in [-0.2, 0) is 16.3 Å². The number of hydrogen-bond donors (Lipinski definition) is 1. The molecule has 1 fully saturated rings. The fourth-order valence-electron chi connectivity index (χ4n) is 4.64. The highest BCUT2D eigenvalue weighted by atomic mass is 32.2. The number of aryl methyl sites for hydroxylation is 1. The summed E-state index contributed by atoms with van der Waals surface area (Å²) >= 11 is 0. The quantitative estimate of drug-likeness (QED) is 0.565. The predicted octanol–water partition coefficient (Wildman–Crippen LogP) is 4.14. The lowest BCUT2D eigenvalue weighted by Crippen LogP contribution is -2.37. The van der Waals surface area contributed by atoms with E-state index >= 15 is 0 Å². The number of anilines is 1. The van der Waals surface area contributed by atoms with Crippen molar-refractivity contribution in [1.82, 2.24) is 15.0 Å². The zero-order valence-corrected chi connectivity index (χ0v) is 18.6. The van der Waals surface area contributed by atoms with Crippen LogP contribution in [0.15, 0.2) is 42.9 Å². The van der Waals surface area contributed by atoms with Gasteiger partial charge in [0.2, 0.25) is 0 Å². The molecule has 0 spiro atoms. The second-order valence-corrected chi connectivity index (χ2v) is 10.8. The van der Waals surface area contributed by atoms with Crippen molar-refractivity contribution in [3.05, 3.63) is 54.2 Å². The Bertz CT molecular complexity index is 1120. The Morgan fingerprint density at radius 1 is 1.13 bits per heavy atom. The van der Waals surface area contributed by atoms with Gasteiger partial charge in [0.1, 0.15) is 23.6 Å². The zero-order valence-electron chi connectivity index (χ0n) is 17.8. The van der Waals surface area contributed by atoms with Gasteiger partial charge in [-0.25, -0.2) is 22.8 Å². The molecule has 0 unspecified atom stereocenters. The number of hydrogen-bond acceptors (Lipinski definition) is 5. The Balaban J connectivity index is 1.27. The molecule has 1 aliphatic carbocycles. The van der Waals surface area contributed by atoms with Crippen LogP contribution < -0.4 is 4.90 Å². The summed E-state index contributed by atoms with van der Waals surface area (Å²) in [6.07, 6.45) is 8.03. The van der Waals surface area contributed by atoms with Gasteiger partial charge in [0.25, 0.3) is 0 Å². The van der Waals surface area contributed by atoms with E-state index in [9.17, 15) is 12.8 Å². The average Bonchev–Trinajstić information content (AvgIpc) is 3.24. The molecule has 166 valence electrons. The van der Waals surface area contributed by atoms with Crippen molar-refractivity contribution in [2.75, 3.05) is 23.5 Å². The molecule has 0 atom stereocenters. The number of nitrogens with zero attached hydrogens (tertiary/aromatic N) is 3. The molecule has 0 radical (unpaired) electrons. The third-order valence-electron chi connectivity index (χ3n) is 6.38. The highest BCUT2D eigenvalue weighted by Crippen LogP contribution is 2.32. The molecule has 1 aromatic carbocycles. The van der Waals surface area contributed by atoms with Crippen LogP contribution in [0.4, 0.5) is 10.2 Å². The summed E-state index contributed by atoms with van der Waals surface area (Å²) in [4.78, 5) is 14.0. The molecule has 4 rings (SSSR count). The molecule has 8 heteroatoms. The van der Waals surface area contributed by atoms with Crippen LogP contribution in [-0.4, -0.2) is 48.0 Å². The number of halogens is 1. The van der Waals surface area contributed by atoms with Crippen molar-refractivity contribution in [2.24, 2.45) is 5.92 Å². The standard InChI is InChI=1S/C23H29FN4O2S/c1-28(23-20-12-13-25-22(20)26-16-27-23)19-10-8-17(9-11-19)15-31(29,30)14-4-6-18-5-2-3-7-21(18)24/h2-3,5,7,12-13,16-17,19H,4,6,8-11,14-15H2,1H3,(H,25,26,27). The van der Waals surface area contributed by atoms with Crippen molar-refractivity contribution < 1.29 is 12.8 Å². The molecule has 1 saturated carbocycles. The highest BCUT2D eigenvalue weighted by molar-refractivity contribution is 7.91. The van der Waals surface area contributed by atoms with Crippen LogP contribution in [0.1, 0.15) is 37.7 Å². The summed E-state index contributed by atoms with van der Waals surface area (Å²) in [7, 11) is -1.08. The molecule has 1 aliphatic rings. The van der Waals surface area contributed by atoms with Crippen LogP contribution in [0.3, 0.4) is 0 Å². The van der Waals surface area contributed by atoms with Gasteiger partial charge in [-0.1, -0.05) is 18.2 Å². The monoisotopic (exact) mass is 444 g/mol. The maximum atomic E-state index is 13.7. The fourth-order valence-corrected chi connectivity index (χ4v) is 6.44. The normalized spacial score (nSPS) is 19.5. The number of fused-ring (bicyclic) bond motifs is 1. The van der Waals surface area contributed by atoms with E-state index < -0.39 is 9.84 Å². The zero-order chi connectivity index (χ0) is 21.8. The minimum atomic E-state index is -3.14. The molecular weight excluding hydrogens is 415 g/mol. The number of rotatable bonds is 8. The van der Waals surface area contributed by atoms with Crippen molar-refractivity contribution in [1.29, 1.82) is 0 Å². The number of benzene rings is 1. The highest BCUT2D eigenvalue weighted by Gasteiger charge is 2.28. The van der Waals surface area contributed by atoms with Crippen molar-refractivity contribution in [3.8, 4) is 0 Å². The third-order valence-corrected chi connectivity index (χ3v) is 8.27. The first kappa shape index (κ1) is 21.7. The molecule has 6 nitrogen and oxygen atoms in total. The predicted molar refractivity (Wildman–Crippen MR) is 121 cm³/mol. The first-order chi connectivity index (χ1) is 14.9. The number of aromatic amines is 1. The van der Waals surface area contributed by atoms with Gasteiger partial charge in [0.05, 0.1) is 16.9 Å². The molecule has 0 amide bonds. The summed E-state index contributed by atoms with van der Waals surface area (Å²) in [6, 6.07) is 8.90. The lowest BCUT2D eigenvalue weighted by atomic mass is 9.86. The lowest BCUT2D eigenvalue weighted by molar-refractivity contribution is 0.340. The summed E-state index contributed by atoms with van der Waals surface area (Å²) in [5, 5.41) is 1.00. The number of nitrogens with one attached hydrogen (secondary N) is 1. The van der Waals surface area contributed by atoms with Crippen LogP contribution in [0.2, 0.25) is 0 Å². The smallest absolute Gasteiger partial charge is 0.150 e. The number of sulfone groups is 1. The van der Waals surface area contributed by atoms with E-state index in [1.54, 1.807) is 24.5 Å². The minimum Gasteiger partial charge on any atom is -0.356 e. The van der Waals surface area contributed by atoms with Crippen LogP contribution in [0.5, 0.6) is 0 Å². The first-order valence-electron chi connectivity index (χ1n) is 10.9. The maximum Gasteiger partial charge on any atom is 0.150 e. The molecule has 3 aromatic rings. The van der Waals surface area contributed by atoms with Gasteiger partial charge in [0.15, 0.2) is 9.84 Å². The minimum absolute atomic E-state index is 0.119. The molecule has 2 heterocycles. The Morgan fingerprint density at radius 3 is 2.68 bits per heavy atom.